The van der Waals surface area contributed by atoms with E-state index in [1.807, 2.05) is 0 Å². The first-order valence-corrected chi connectivity index (χ1v) is 5.30. The fourth-order valence-electron chi connectivity index (χ4n) is 1.40. The number of hydrogen-bond donors (Lipinski definition) is 2. The van der Waals surface area contributed by atoms with E-state index in [-0.39, 0.29) is 24.3 Å². The zero-order valence-corrected chi connectivity index (χ0v) is 9.74. The number of carboxylic acids is 1. The molecule has 0 aliphatic carbocycles. The molecule has 9 nitrogen and oxygen atoms in total. The number of hydrogen-bond acceptors (Lipinski definition) is 6. The van der Waals surface area contributed by atoms with Crippen molar-refractivity contribution < 1.29 is 19.7 Å². The Bertz CT molecular complexity index is 516. The van der Waals surface area contributed by atoms with Gasteiger partial charge in [0.1, 0.15) is 5.69 Å². The van der Waals surface area contributed by atoms with Crippen LogP contribution in [0.1, 0.15) is 12.8 Å². The molecule has 0 aliphatic rings. The summed E-state index contributed by atoms with van der Waals surface area (Å²) in [5, 5.41) is 32.4. The van der Waals surface area contributed by atoms with Crippen LogP contribution in [0.15, 0.2) is 18.2 Å². The summed E-state index contributed by atoms with van der Waals surface area (Å²) < 4.78 is 0. The van der Waals surface area contributed by atoms with Gasteiger partial charge in [-0.3, -0.25) is 25.0 Å². The van der Waals surface area contributed by atoms with Crippen molar-refractivity contribution in [3.05, 3.63) is 38.4 Å². The number of benzene rings is 1. The summed E-state index contributed by atoms with van der Waals surface area (Å²) in [6.45, 7) is 0.227. The molecular weight excluding hydrogens is 258 g/mol. The van der Waals surface area contributed by atoms with Crippen LogP contribution in [0.3, 0.4) is 0 Å². The lowest BCUT2D eigenvalue weighted by molar-refractivity contribution is -0.393. The van der Waals surface area contributed by atoms with E-state index in [1.165, 1.54) is 6.07 Å². The third-order valence-electron chi connectivity index (χ3n) is 2.27. The van der Waals surface area contributed by atoms with E-state index in [2.05, 4.69) is 5.32 Å². The molecule has 0 spiro atoms. The summed E-state index contributed by atoms with van der Waals surface area (Å²) in [4.78, 5) is 30.1. The lowest BCUT2D eigenvalue weighted by Crippen LogP contribution is -2.07. The van der Waals surface area contributed by atoms with E-state index in [1.54, 1.807) is 0 Å². The van der Waals surface area contributed by atoms with Crippen molar-refractivity contribution in [2.45, 2.75) is 12.8 Å². The predicted octanol–water partition coefficient (Wildman–Crippen LogP) is 1.78. The van der Waals surface area contributed by atoms with Gasteiger partial charge < -0.3 is 10.4 Å². The second-order valence-corrected chi connectivity index (χ2v) is 3.64. The maximum absolute atomic E-state index is 10.8. The van der Waals surface area contributed by atoms with Crippen molar-refractivity contribution in [2.24, 2.45) is 0 Å². The summed E-state index contributed by atoms with van der Waals surface area (Å²) in [6, 6.07) is 3.24. The van der Waals surface area contributed by atoms with Crippen LogP contribution in [0.5, 0.6) is 0 Å². The molecule has 1 rings (SSSR count). The Balaban J connectivity index is 2.79. The number of nitrogens with zero attached hydrogens (tertiary/aromatic N) is 2. The number of nitro groups is 2. The van der Waals surface area contributed by atoms with Gasteiger partial charge in [-0.25, -0.2) is 0 Å². The van der Waals surface area contributed by atoms with E-state index < -0.39 is 21.5 Å². The van der Waals surface area contributed by atoms with Gasteiger partial charge in [-0.2, -0.15) is 0 Å². The zero-order chi connectivity index (χ0) is 14.4. The monoisotopic (exact) mass is 269 g/mol. The highest BCUT2D eigenvalue weighted by Gasteiger charge is 2.18. The fourth-order valence-corrected chi connectivity index (χ4v) is 1.40. The quantitative estimate of drug-likeness (QED) is 0.437. The molecule has 0 aromatic heterocycles. The Labute approximate surface area is 107 Å². The molecule has 0 radical (unpaired) electrons. The van der Waals surface area contributed by atoms with E-state index >= 15 is 0 Å². The number of anilines is 1. The number of carbonyl (C=O) groups is 1. The number of rotatable bonds is 7. The number of aliphatic carboxylic acids is 1. The Kier molecular flexibility index (Phi) is 4.75. The summed E-state index contributed by atoms with van der Waals surface area (Å²) >= 11 is 0. The van der Waals surface area contributed by atoms with Crippen molar-refractivity contribution in [2.75, 3.05) is 11.9 Å². The van der Waals surface area contributed by atoms with Crippen LogP contribution in [-0.2, 0) is 4.79 Å². The Morgan fingerprint density at radius 2 is 1.95 bits per heavy atom. The fraction of sp³-hybridized carbons (Fsp3) is 0.300. The highest BCUT2D eigenvalue weighted by Crippen LogP contribution is 2.28. The molecule has 0 unspecified atom stereocenters. The molecule has 0 heterocycles. The standard InChI is InChI=1S/C10H11N3O6/c14-10(15)2-1-5-11-8-4-3-7(12(16)17)6-9(8)13(18)19/h3-4,6,11H,1-2,5H2,(H,14,15). The average Bonchev–Trinajstić information content (AvgIpc) is 2.34. The predicted molar refractivity (Wildman–Crippen MR) is 65.1 cm³/mol. The molecule has 0 saturated heterocycles. The van der Waals surface area contributed by atoms with Gasteiger partial charge in [0.25, 0.3) is 11.4 Å². The third kappa shape index (κ3) is 4.22. The number of carboxylic acid groups (broad SMARTS) is 1. The Hall–Kier alpha value is -2.71. The molecule has 1 aromatic carbocycles. The largest absolute Gasteiger partial charge is 0.481 e. The third-order valence-corrected chi connectivity index (χ3v) is 2.27. The highest BCUT2D eigenvalue weighted by molar-refractivity contribution is 5.67. The van der Waals surface area contributed by atoms with E-state index in [0.717, 1.165) is 12.1 Å². The summed E-state index contributed by atoms with van der Waals surface area (Å²) in [6.07, 6.45) is 0.233. The van der Waals surface area contributed by atoms with Gasteiger partial charge >= 0.3 is 5.97 Å². The SMILES string of the molecule is O=C(O)CCCNc1ccc([N+](=O)[O-])cc1[N+](=O)[O-]. The van der Waals surface area contributed by atoms with Crippen LogP contribution in [-0.4, -0.2) is 27.5 Å². The lowest BCUT2D eigenvalue weighted by atomic mass is 10.2. The van der Waals surface area contributed by atoms with Gasteiger partial charge in [-0.05, 0) is 12.5 Å². The first kappa shape index (κ1) is 14.4. The number of non-ortho nitro benzene ring substituents is 1. The molecule has 2 N–H and O–H groups in total. The first-order chi connectivity index (χ1) is 8.91. The van der Waals surface area contributed by atoms with Crippen molar-refractivity contribution in [1.82, 2.24) is 0 Å². The van der Waals surface area contributed by atoms with E-state index in [9.17, 15) is 25.0 Å². The highest BCUT2D eigenvalue weighted by atomic mass is 16.6. The molecule has 0 bridgehead atoms. The van der Waals surface area contributed by atoms with Crippen LogP contribution in [0, 0.1) is 20.2 Å². The molecule has 102 valence electrons. The molecule has 0 atom stereocenters. The van der Waals surface area contributed by atoms with Crippen LogP contribution >= 0.6 is 0 Å². The van der Waals surface area contributed by atoms with E-state index in [4.69, 9.17) is 5.11 Å². The van der Waals surface area contributed by atoms with Crippen LogP contribution < -0.4 is 5.32 Å². The minimum atomic E-state index is -0.958. The minimum absolute atomic E-state index is 0.0617. The van der Waals surface area contributed by atoms with Gasteiger partial charge in [0.15, 0.2) is 0 Å². The molecule has 1 aromatic rings. The Morgan fingerprint density at radius 3 is 2.47 bits per heavy atom. The summed E-state index contributed by atoms with van der Waals surface area (Å²) in [5.41, 5.74) is -0.659. The van der Waals surface area contributed by atoms with Crippen molar-refractivity contribution in [3.63, 3.8) is 0 Å². The molecule has 0 amide bonds. The van der Waals surface area contributed by atoms with Crippen LogP contribution in [0.25, 0.3) is 0 Å². The van der Waals surface area contributed by atoms with Crippen LogP contribution in [0.2, 0.25) is 0 Å². The minimum Gasteiger partial charge on any atom is -0.481 e. The zero-order valence-electron chi connectivity index (χ0n) is 9.74. The maximum atomic E-state index is 10.8. The second-order valence-electron chi connectivity index (χ2n) is 3.64. The molecule has 19 heavy (non-hydrogen) atoms. The molecule has 0 aliphatic heterocycles. The maximum Gasteiger partial charge on any atom is 0.303 e. The van der Waals surface area contributed by atoms with Crippen LogP contribution in [0.4, 0.5) is 17.1 Å². The average molecular weight is 269 g/mol. The van der Waals surface area contributed by atoms with Crippen molar-refractivity contribution >= 4 is 23.0 Å². The van der Waals surface area contributed by atoms with Gasteiger partial charge in [-0.15, -0.1) is 0 Å². The van der Waals surface area contributed by atoms with Crippen molar-refractivity contribution in [3.8, 4) is 0 Å². The summed E-state index contributed by atoms with van der Waals surface area (Å²) in [5.74, 6) is -0.958. The van der Waals surface area contributed by atoms with Gasteiger partial charge in [0, 0.05) is 19.0 Å². The normalized spacial score (nSPS) is 9.89. The lowest BCUT2D eigenvalue weighted by Gasteiger charge is -2.05. The van der Waals surface area contributed by atoms with Gasteiger partial charge in [0.2, 0.25) is 0 Å². The number of nitro benzene ring substituents is 2. The number of nitrogens with one attached hydrogen (secondary N) is 1. The van der Waals surface area contributed by atoms with Crippen molar-refractivity contribution in [1.29, 1.82) is 0 Å². The second kappa shape index (κ2) is 6.28. The smallest absolute Gasteiger partial charge is 0.303 e. The summed E-state index contributed by atoms with van der Waals surface area (Å²) in [7, 11) is 0. The van der Waals surface area contributed by atoms with Gasteiger partial charge in [0.05, 0.1) is 15.9 Å². The topological polar surface area (TPSA) is 136 Å². The van der Waals surface area contributed by atoms with E-state index in [0.29, 0.717) is 6.42 Å². The Morgan fingerprint density at radius 1 is 1.26 bits per heavy atom. The molecule has 0 saturated carbocycles. The first-order valence-electron chi connectivity index (χ1n) is 5.30. The molecular formula is C10H11N3O6. The molecule has 9 heteroatoms. The molecule has 0 fully saturated rings. The van der Waals surface area contributed by atoms with Gasteiger partial charge in [-0.1, -0.05) is 0 Å².